The Hall–Kier alpha value is -1.51. The molecule has 3 atom stereocenters. The molecule has 1 saturated carbocycles. The quantitative estimate of drug-likeness (QED) is 0.822. The van der Waals surface area contributed by atoms with E-state index in [-0.39, 0.29) is 5.92 Å². The van der Waals surface area contributed by atoms with Crippen molar-refractivity contribution >= 4 is 5.97 Å². The van der Waals surface area contributed by atoms with Gasteiger partial charge in [-0.2, -0.15) is 0 Å². The maximum absolute atomic E-state index is 11.0. The predicted octanol–water partition coefficient (Wildman–Crippen LogP) is 3.86. The number of carboxylic acids is 1. The van der Waals surface area contributed by atoms with Crippen molar-refractivity contribution in [1.82, 2.24) is 0 Å². The van der Waals surface area contributed by atoms with Gasteiger partial charge in [-0.3, -0.25) is 4.79 Å². The molecule has 3 heteroatoms. The lowest BCUT2D eigenvalue weighted by Gasteiger charge is -2.19. The van der Waals surface area contributed by atoms with Crippen LogP contribution in [-0.4, -0.2) is 18.2 Å². The number of carbonyl (C=O) groups is 1. The minimum atomic E-state index is -0.640. The van der Waals surface area contributed by atoms with E-state index in [1.807, 2.05) is 6.07 Å². The first-order valence-electron chi connectivity index (χ1n) is 7.50. The third-order valence-corrected chi connectivity index (χ3v) is 4.46. The van der Waals surface area contributed by atoms with Crippen molar-refractivity contribution in [3.8, 4) is 5.75 Å². The van der Waals surface area contributed by atoms with Gasteiger partial charge in [-0.05, 0) is 54.7 Å². The summed E-state index contributed by atoms with van der Waals surface area (Å²) in [4.78, 5) is 11.0. The largest absolute Gasteiger partial charge is 0.496 e. The Morgan fingerprint density at radius 2 is 2.20 bits per heavy atom. The van der Waals surface area contributed by atoms with Crippen LogP contribution in [0, 0.1) is 11.8 Å². The molecule has 1 N–H and O–H groups in total. The van der Waals surface area contributed by atoms with Gasteiger partial charge in [0.05, 0.1) is 13.0 Å². The number of carboxylic acid groups (broad SMARTS) is 1. The Bertz CT molecular complexity index is 481. The summed E-state index contributed by atoms with van der Waals surface area (Å²) in [6, 6.07) is 6.37. The molecule has 110 valence electrons. The molecule has 2 rings (SSSR count). The number of aliphatic carboxylic acids is 1. The van der Waals surface area contributed by atoms with Gasteiger partial charge in [-0.25, -0.2) is 0 Å². The van der Waals surface area contributed by atoms with Crippen molar-refractivity contribution < 1.29 is 14.6 Å². The number of rotatable bonds is 7. The summed E-state index contributed by atoms with van der Waals surface area (Å²) in [6.45, 7) is 4.31. The van der Waals surface area contributed by atoms with Crippen LogP contribution < -0.4 is 4.74 Å². The van der Waals surface area contributed by atoms with Gasteiger partial charge in [-0.1, -0.05) is 26.0 Å². The van der Waals surface area contributed by atoms with Crippen LogP contribution in [0.15, 0.2) is 18.2 Å². The van der Waals surface area contributed by atoms with Crippen molar-refractivity contribution in [3.05, 3.63) is 29.3 Å². The molecule has 0 bridgehead atoms. The molecule has 0 aromatic heterocycles. The smallest absolute Gasteiger partial charge is 0.306 e. The second-order valence-corrected chi connectivity index (χ2v) is 5.71. The van der Waals surface area contributed by atoms with Gasteiger partial charge in [0, 0.05) is 0 Å². The molecule has 1 fully saturated rings. The van der Waals surface area contributed by atoms with Crippen molar-refractivity contribution in [2.45, 2.75) is 45.4 Å². The molecule has 0 heterocycles. The molecule has 1 aliphatic carbocycles. The minimum absolute atomic E-state index is 0.121. The summed E-state index contributed by atoms with van der Waals surface area (Å²) in [7, 11) is 1.70. The van der Waals surface area contributed by atoms with Crippen molar-refractivity contribution in [3.63, 3.8) is 0 Å². The van der Waals surface area contributed by atoms with E-state index in [9.17, 15) is 4.79 Å². The first-order valence-corrected chi connectivity index (χ1v) is 7.50. The zero-order valence-corrected chi connectivity index (χ0v) is 12.6. The summed E-state index contributed by atoms with van der Waals surface area (Å²) in [6.07, 6.45) is 3.82. The molecule has 3 unspecified atom stereocenters. The van der Waals surface area contributed by atoms with Crippen molar-refractivity contribution in [1.29, 1.82) is 0 Å². The van der Waals surface area contributed by atoms with Crippen LogP contribution in [0.4, 0.5) is 0 Å². The van der Waals surface area contributed by atoms with Gasteiger partial charge in [-0.15, -0.1) is 0 Å². The van der Waals surface area contributed by atoms with E-state index < -0.39 is 5.97 Å². The third kappa shape index (κ3) is 3.14. The first kappa shape index (κ1) is 14.9. The van der Waals surface area contributed by atoms with E-state index in [1.54, 1.807) is 7.11 Å². The van der Waals surface area contributed by atoms with Gasteiger partial charge in [0.1, 0.15) is 5.75 Å². The monoisotopic (exact) mass is 276 g/mol. The molecular weight excluding hydrogens is 252 g/mol. The van der Waals surface area contributed by atoms with Gasteiger partial charge in [0.25, 0.3) is 0 Å². The molecule has 0 spiro atoms. The maximum Gasteiger partial charge on any atom is 0.306 e. The van der Waals surface area contributed by atoms with Crippen LogP contribution in [0.25, 0.3) is 0 Å². The molecule has 3 nitrogen and oxygen atoms in total. The van der Waals surface area contributed by atoms with Crippen molar-refractivity contribution in [2.75, 3.05) is 7.11 Å². The molecule has 0 amide bonds. The van der Waals surface area contributed by atoms with E-state index in [2.05, 4.69) is 26.0 Å². The predicted molar refractivity (Wildman–Crippen MR) is 79.3 cm³/mol. The lowest BCUT2D eigenvalue weighted by molar-refractivity contribution is -0.138. The van der Waals surface area contributed by atoms with Crippen LogP contribution in [0.5, 0.6) is 5.75 Å². The SMILES string of the molecule is CCc1ccc(OC)c(C(CC)CC2CC2C(=O)O)c1. The summed E-state index contributed by atoms with van der Waals surface area (Å²) in [5.74, 6) is 0.906. The number of benzene rings is 1. The van der Waals surface area contributed by atoms with Gasteiger partial charge < -0.3 is 9.84 Å². The van der Waals surface area contributed by atoms with Crippen molar-refractivity contribution in [2.24, 2.45) is 11.8 Å². The second-order valence-electron chi connectivity index (χ2n) is 5.71. The fourth-order valence-electron chi connectivity index (χ4n) is 3.01. The average molecular weight is 276 g/mol. The van der Waals surface area contributed by atoms with Gasteiger partial charge in [0.2, 0.25) is 0 Å². The maximum atomic E-state index is 11.0. The van der Waals surface area contributed by atoms with Crippen LogP contribution in [-0.2, 0) is 11.2 Å². The van der Waals surface area contributed by atoms with E-state index in [1.165, 1.54) is 11.1 Å². The first-order chi connectivity index (χ1) is 9.60. The van der Waals surface area contributed by atoms with Gasteiger partial charge >= 0.3 is 5.97 Å². The Labute approximate surface area is 121 Å². The van der Waals surface area contributed by atoms with Crippen LogP contribution in [0.1, 0.15) is 50.2 Å². The molecule has 1 aromatic rings. The number of methoxy groups -OCH3 is 1. The summed E-state index contributed by atoms with van der Waals surface area (Å²) in [5, 5.41) is 9.04. The molecule has 0 saturated heterocycles. The second kappa shape index (κ2) is 6.29. The fourth-order valence-corrected chi connectivity index (χ4v) is 3.01. The number of ether oxygens (including phenoxy) is 1. The lowest BCUT2D eigenvalue weighted by Crippen LogP contribution is -2.06. The summed E-state index contributed by atoms with van der Waals surface area (Å²) >= 11 is 0. The molecule has 0 radical (unpaired) electrons. The van der Waals surface area contributed by atoms with E-state index in [0.29, 0.717) is 11.8 Å². The molecule has 1 aliphatic rings. The van der Waals surface area contributed by atoms with Crippen LogP contribution in [0.2, 0.25) is 0 Å². The third-order valence-electron chi connectivity index (χ3n) is 4.46. The highest BCUT2D eigenvalue weighted by atomic mass is 16.5. The topological polar surface area (TPSA) is 46.5 Å². The fraction of sp³-hybridized carbons (Fsp3) is 0.588. The Kier molecular flexibility index (Phi) is 4.69. The standard InChI is InChI=1S/C17H24O3/c1-4-11-6-7-16(20-3)14(8-11)12(5-2)9-13-10-15(13)17(18)19/h6-8,12-13,15H,4-5,9-10H2,1-3H3,(H,18,19). The zero-order chi connectivity index (χ0) is 14.7. The highest BCUT2D eigenvalue weighted by molar-refractivity contribution is 5.73. The normalized spacial score (nSPS) is 22.4. The summed E-state index contributed by atoms with van der Waals surface area (Å²) in [5.41, 5.74) is 2.55. The molecule has 1 aromatic carbocycles. The molecule has 0 aliphatic heterocycles. The minimum Gasteiger partial charge on any atom is -0.496 e. The molecular formula is C17H24O3. The average Bonchev–Trinajstić information content (AvgIpc) is 3.23. The van der Waals surface area contributed by atoms with E-state index in [4.69, 9.17) is 9.84 Å². The summed E-state index contributed by atoms with van der Waals surface area (Å²) < 4.78 is 5.49. The lowest BCUT2D eigenvalue weighted by atomic mass is 9.88. The highest BCUT2D eigenvalue weighted by Crippen LogP contribution is 2.47. The zero-order valence-electron chi connectivity index (χ0n) is 12.6. The number of hydrogen-bond acceptors (Lipinski definition) is 2. The Balaban J connectivity index is 2.16. The highest BCUT2D eigenvalue weighted by Gasteiger charge is 2.44. The van der Waals surface area contributed by atoms with E-state index in [0.717, 1.165) is 31.4 Å². The molecule has 20 heavy (non-hydrogen) atoms. The van der Waals surface area contributed by atoms with Crippen LogP contribution in [0.3, 0.4) is 0 Å². The van der Waals surface area contributed by atoms with E-state index >= 15 is 0 Å². The van der Waals surface area contributed by atoms with Gasteiger partial charge in [0.15, 0.2) is 0 Å². The Morgan fingerprint density at radius 3 is 2.70 bits per heavy atom. The van der Waals surface area contributed by atoms with Crippen LogP contribution >= 0.6 is 0 Å². The number of aryl methyl sites for hydroxylation is 1. The number of hydrogen-bond donors (Lipinski definition) is 1. The Morgan fingerprint density at radius 1 is 1.45 bits per heavy atom.